The summed E-state index contributed by atoms with van der Waals surface area (Å²) < 4.78 is 41.5. The van der Waals surface area contributed by atoms with Crippen molar-refractivity contribution in [3.63, 3.8) is 0 Å². The maximum atomic E-state index is 12.4. The van der Waals surface area contributed by atoms with Crippen molar-refractivity contribution in [1.29, 1.82) is 0 Å². The van der Waals surface area contributed by atoms with E-state index in [-0.39, 0.29) is 12.0 Å². The third-order valence-electron chi connectivity index (χ3n) is 4.88. The van der Waals surface area contributed by atoms with Gasteiger partial charge in [-0.05, 0) is 32.1 Å². The van der Waals surface area contributed by atoms with E-state index in [0.717, 1.165) is 17.4 Å². The van der Waals surface area contributed by atoms with E-state index in [0.29, 0.717) is 12.5 Å². The fourth-order valence-corrected chi connectivity index (χ4v) is 5.16. The highest BCUT2D eigenvalue weighted by Gasteiger charge is 2.50. The van der Waals surface area contributed by atoms with Crippen LogP contribution in [0.3, 0.4) is 0 Å². The molecule has 170 valence electrons. The summed E-state index contributed by atoms with van der Waals surface area (Å²) in [5.74, 6) is 0.315. The fourth-order valence-electron chi connectivity index (χ4n) is 3.22. The molecule has 2 heterocycles. The molecule has 0 spiro atoms. The molecule has 30 heavy (non-hydrogen) atoms. The lowest BCUT2D eigenvalue weighted by Crippen LogP contribution is -2.40. The number of nitrogens with one attached hydrogen (secondary N) is 1. The summed E-state index contributed by atoms with van der Waals surface area (Å²) in [6.07, 6.45) is -1.84. The lowest BCUT2D eigenvalue weighted by atomic mass is 10.1. The van der Waals surface area contributed by atoms with Crippen molar-refractivity contribution in [2.45, 2.75) is 50.7 Å². The number of rotatable bonds is 9. The molecular formula is C15H23IN2O10P2. The summed E-state index contributed by atoms with van der Waals surface area (Å²) in [7, 11) is -4.38. The molecule has 5 atom stereocenters. The van der Waals surface area contributed by atoms with E-state index in [1.54, 1.807) is 0 Å². The van der Waals surface area contributed by atoms with Crippen LogP contribution in [0, 0.1) is 12.8 Å². The Labute approximate surface area is 184 Å². The number of aromatic nitrogens is 2. The highest BCUT2D eigenvalue weighted by molar-refractivity contribution is 14.2. The summed E-state index contributed by atoms with van der Waals surface area (Å²) in [5.41, 5.74) is -1.11. The van der Waals surface area contributed by atoms with Crippen molar-refractivity contribution in [3.05, 3.63) is 32.6 Å². The van der Waals surface area contributed by atoms with Crippen molar-refractivity contribution in [2.24, 2.45) is 5.92 Å². The Morgan fingerprint density at radius 1 is 1.27 bits per heavy atom. The van der Waals surface area contributed by atoms with E-state index < -0.39 is 54.8 Å². The first-order valence-corrected chi connectivity index (χ1v) is 15.3. The van der Waals surface area contributed by atoms with Gasteiger partial charge in [0, 0.05) is 11.8 Å². The van der Waals surface area contributed by atoms with E-state index >= 15 is 0 Å². The van der Waals surface area contributed by atoms with Crippen LogP contribution in [0.1, 0.15) is 31.1 Å². The lowest BCUT2D eigenvalue weighted by Gasteiger charge is -2.25. The van der Waals surface area contributed by atoms with Crippen LogP contribution in [0.25, 0.3) is 0 Å². The minimum atomic E-state index is -4.38. The Kier molecular flexibility index (Phi) is 7.48. The molecule has 0 bridgehead atoms. The molecule has 1 aliphatic heterocycles. The minimum absolute atomic E-state index is 0.192. The van der Waals surface area contributed by atoms with E-state index in [4.69, 9.17) is 14.0 Å². The standard InChI is InChI=1S/C15H23IN2O10P2/c1-8-6-18(15(20)17-13(8)19)14-12(26-7-9-2-3-9)11(28-30(16,24)25)10(27-14)4-5-29(21,22)23/h6,9-12,14H,2-5,7H2,1H3,(H,24,25)(H,17,19,20)(H2,21,22,23). The third-order valence-corrected chi connectivity index (χ3v) is 6.91. The largest absolute Gasteiger partial charge is 0.386 e. The third kappa shape index (κ3) is 6.57. The van der Waals surface area contributed by atoms with Crippen molar-refractivity contribution in [3.8, 4) is 0 Å². The lowest BCUT2D eigenvalue weighted by molar-refractivity contribution is -0.0719. The molecule has 12 nitrogen and oxygen atoms in total. The molecule has 5 unspecified atom stereocenters. The highest BCUT2D eigenvalue weighted by Crippen LogP contribution is 2.55. The number of hydrogen-bond acceptors (Lipinski definition) is 7. The molecule has 3 rings (SSSR count). The fraction of sp³-hybridized carbons (Fsp3) is 0.733. The van der Waals surface area contributed by atoms with Crippen LogP contribution < -0.4 is 11.2 Å². The second-order valence-corrected chi connectivity index (χ2v) is 14.0. The van der Waals surface area contributed by atoms with Gasteiger partial charge in [-0.25, -0.2) is 9.36 Å². The van der Waals surface area contributed by atoms with Crippen LogP contribution in [0.5, 0.6) is 0 Å². The van der Waals surface area contributed by atoms with Gasteiger partial charge in [-0.3, -0.25) is 23.4 Å². The summed E-state index contributed by atoms with van der Waals surface area (Å²) in [4.78, 5) is 54.5. The summed E-state index contributed by atoms with van der Waals surface area (Å²) in [5, 5.41) is -4.06. The quantitative estimate of drug-likeness (QED) is 0.244. The average molecular weight is 580 g/mol. The van der Waals surface area contributed by atoms with Gasteiger partial charge in [-0.1, -0.05) is 0 Å². The van der Waals surface area contributed by atoms with Gasteiger partial charge in [0.15, 0.2) is 6.23 Å². The smallest absolute Gasteiger partial charge is 0.370 e. The Bertz CT molecular complexity index is 980. The van der Waals surface area contributed by atoms with E-state index in [1.807, 2.05) is 0 Å². The van der Waals surface area contributed by atoms with Gasteiger partial charge in [0.05, 0.1) is 40.9 Å². The Morgan fingerprint density at radius 3 is 2.50 bits per heavy atom. The Hall–Kier alpha value is -0.370. The highest BCUT2D eigenvalue weighted by atomic mass is 127. The van der Waals surface area contributed by atoms with Crippen molar-refractivity contribution >= 4 is 34.9 Å². The van der Waals surface area contributed by atoms with E-state index in [2.05, 4.69) is 4.98 Å². The van der Waals surface area contributed by atoms with Crippen LogP contribution in [-0.4, -0.2) is 55.3 Å². The van der Waals surface area contributed by atoms with Gasteiger partial charge in [0.1, 0.15) is 12.2 Å². The Morgan fingerprint density at radius 2 is 1.93 bits per heavy atom. The molecule has 2 fully saturated rings. The van der Waals surface area contributed by atoms with Crippen molar-refractivity contribution in [1.82, 2.24) is 9.55 Å². The van der Waals surface area contributed by atoms with Crippen LogP contribution in [0.4, 0.5) is 0 Å². The second-order valence-electron chi connectivity index (χ2n) is 7.48. The van der Waals surface area contributed by atoms with Crippen LogP contribution >= 0.6 is 34.9 Å². The Balaban J connectivity index is 1.96. The van der Waals surface area contributed by atoms with Crippen LogP contribution in [0.15, 0.2) is 15.8 Å². The number of ether oxygens (including phenoxy) is 2. The minimum Gasteiger partial charge on any atom is -0.370 e. The normalized spacial score (nSPS) is 29.1. The topological polar surface area (TPSA) is 177 Å². The molecule has 1 aromatic rings. The monoisotopic (exact) mass is 580 g/mol. The molecule has 2 aliphatic rings. The molecule has 1 aliphatic carbocycles. The number of aryl methyl sites for hydroxylation is 1. The summed E-state index contributed by atoms with van der Waals surface area (Å²) in [6.45, 7) is 1.81. The zero-order valence-corrected chi connectivity index (χ0v) is 19.9. The van der Waals surface area contributed by atoms with E-state index in [9.17, 15) is 33.4 Å². The maximum absolute atomic E-state index is 12.4. The first-order valence-electron chi connectivity index (χ1n) is 9.18. The molecule has 0 amide bonds. The zero-order valence-electron chi connectivity index (χ0n) is 15.9. The first-order chi connectivity index (χ1) is 13.8. The number of nitrogens with zero attached hydrogens (tertiary/aromatic N) is 1. The molecule has 1 aromatic heterocycles. The van der Waals surface area contributed by atoms with Crippen LogP contribution in [-0.2, 0) is 23.1 Å². The average Bonchev–Trinajstić information content (AvgIpc) is 3.36. The number of aromatic amines is 1. The molecular weight excluding hydrogens is 557 g/mol. The molecule has 1 saturated heterocycles. The predicted molar refractivity (Wildman–Crippen MR) is 113 cm³/mol. The van der Waals surface area contributed by atoms with Crippen molar-refractivity contribution in [2.75, 3.05) is 12.8 Å². The molecule has 0 aromatic carbocycles. The predicted octanol–water partition coefficient (Wildman–Crippen LogP) is 1.03. The number of hydrogen-bond donors (Lipinski definition) is 4. The maximum Gasteiger partial charge on any atom is 0.386 e. The molecule has 15 heteroatoms. The second kappa shape index (κ2) is 9.24. The SMILES string of the molecule is Cc1cn(C2OC(CCP(=O)(O)O)C(OP(=O)(O)I)C2OCC2CC2)c(=O)[nH]c1=O. The molecule has 1 saturated carbocycles. The van der Waals surface area contributed by atoms with Gasteiger partial charge < -0.3 is 24.2 Å². The number of halogens is 1. The summed E-state index contributed by atoms with van der Waals surface area (Å²) in [6, 6.07) is 0. The van der Waals surface area contributed by atoms with Gasteiger partial charge >= 0.3 is 18.5 Å². The summed E-state index contributed by atoms with van der Waals surface area (Å²) >= 11 is 1.23. The molecule has 0 radical (unpaired) electrons. The van der Waals surface area contributed by atoms with E-state index in [1.165, 1.54) is 35.2 Å². The van der Waals surface area contributed by atoms with Gasteiger partial charge in [-0.2, -0.15) is 0 Å². The van der Waals surface area contributed by atoms with Crippen molar-refractivity contribution < 1.29 is 37.8 Å². The van der Waals surface area contributed by atoms with Gasteiger partial charge in [0.25, 0.3) is 5.56 Å². The first kappa shape index (κ1) is 24.3. The van der Waals surface area contributed by atoms with Gasteiger partial charge in [-0.15, -0.1) is 0 Å². The zero-order chi connectivity index (χ0) is 22.3. The van der Waals surface area contributed by atoms with Gasteiger partial charge in [0.2, 0.25) is 0 Å². The van der Waals surface area contributed by atoms with Crippen LogP contribution in [0.2, 0.25) is 0 Å². The number of H-pyrrole nitrogens is 1. The molecule has 4 N–H and O–H groups in total.